The lowest BCUT2D eigenvalue weighted by atomic mass is 9.88. The van der Waals surface area contributed by atoms with Gasteiger partial charge in [0.05, 0.1) is 0 Å². The third kappa shape index (κ3) is 3.20. The molecule has 1 aromatic rings. The molecule has 0 saturated carbocycles. The first kappa shape index (κ1) is 12.5. The van der Waals surface area contributed by atoms with Crippen LogP contribution < -0.4 is 0 Å². The highest BCUT2D eigenvalue weighted by Crippen LogP contribution is 2.31. The topological polar surface area (TPSA) is 0 Å². The lowest BCUT2D eigenvalue weighted by molar-refractivity contribution is 0.496. The van der Waals surface area contributed by atoms with Gasteiger partial charge in [-0.15, -0.1) is 11.6 Å². The van der Waals surface area contributed by atoms with E-state index in [2.05, 4.69) is 20.8 Å². The van der Waals surface area contributed by atoms with Gasteiger partial charge in [-0.1, -0.05) is 32.9 Å². The maximum absolute atomic E-state index is 13.1. The van der Waals surface area contributed by atoms with Gasteiger partial charge in [0.2, 0.25) is 0 Å². The van der Waals surface area contributed by atoms with E-state index in [9.17, 15) is 4.39 Å². The predicted octanol–water partition coefficient (Wildman–Crippen LogP) is 4.58. The molecule has 0 aliphatic heterocycles. The third-order valence-electron chi connectivity index (χ3n) is 2.74. The molecule has 0 amide bonds. The van der Waals surface area contributed by atoms with Crippen LogP contribution in [0.15, 0.2) is 24.3 Å². The molecule has 2 unspecified atom stereocenters. The molecular formula is C13H18ClF. The number of hydrogen-bond donors (Lipinski definition) is 0. The molecule has 0 aliphatic rings. The Morgan fingerprint density at radius 1 is 1.33 bits per heavy atom. The molecule has 0 radical (unpaired) electrons. The van der Waals surface area contributed by atoms with E-state index >= 15 is 0 Å². The average molecular weight is 229 g/mol. The van der Waals surface area contributed by atoms with Crippen LogP contribution in [0.4, 0.5) is 4.39 Å². The summed E-state index contributed by atoms with van der Waals surface area (Å²) in [5, 5.41) is 0.0665. The smallest absolute Gasteiger partial charge is 0.123 e. The Bertz CT molecular complexity index is 309. The molecule has 0 heterocycles. The fourth-order valence-electron chi connectivity index (χ4n) is 1.85. The molecule has 0 bridgehead atoms. The summed E-state index contributed by atoms with van der Waals surface area (Å²) in [6.45, 7) is 6.28. The monoisotopic (exact) mass is 228 g/mol. The van der Waals surface area contributed by atoms with Crippen molar-refractivity contribution in [3.8, 4) is 0 Å². The second-order valence-corrected chi connectivity index (χ2v) is 4.76. The average Bonchev–Trinajstić information content (AvgIpc) is 2.18. The van der Waals surface area contributed by atoms with E-state index in [1.807, 2.05) is 6.07 Å². The predicted molar refractivity (Wildman–Crippen MR) is 63.9 cm³/mol. The summed E-state index contributed by atoms with van der Waals surface area (Å²) in [6, 6.07) is 6.76. The number of halogens is 2. The Morgan fingerprint density at radius 3 is 2.47 bits per heavy atom. The summed E-state index contributed by atoms with van der Waals surface area (Å²) in [5.74, 6) is 0.459. The van der Waals surface area contributed by atoms with Gasteiger partial charge in [0.1, 0.15) is 5.82 Å². The van der Waals surface area contributed by atoms with Crippen LogP contribution in [0.2, 0.25) is 0 Å². The van der Waals surface area contributed by atoms with Crippen LogP contribution in [0, 0.1) is 11.7 Å². The Hall–Kier alpha value is -0.560. The van der Waals surface area contributed by atoms with Crippen molar-refractivity contribution in [3.63, 3.8) is 0 Å². The zero-order chi connectivity index (χ0) is 11.4. The molecule has 1 rings (SSSR count). The molecule has 2 heteroatoms. The van der Waals surface area contributed by atoms with E-state index in [1.54, 1.807) is 12.1 Å². The molecule has 2 atom stereocenters. The highest BCUT2D eigenvalue weighted by Gasteiger charge is 2.22. The van der Waals surface area contributed by atoms with Crippen LogP contribution in [0.3, 0.4) is 0 Å². The highest BCUT2D eigenvalue weighted by atomic mass is 35.5. The van der Waals surface area contributed by atoms with Gasteiger partial charge in [-0.3, -0.25) is 0 Å². The minimum absolute atomic E-state index is 0.0665. The second-order valence-electron chi connectivity index (χ2n) is 4.26. The lowest BCUT2D eigenvalue weighted by Gasteiger charge is -2.24. The van der Waals surface area contributed by atoms with Gasteiger partial charge < -0.3 is 0 Å². The fraction of sp³-hybridized carbons (Fsp3) is 0.538. The first-order valence-electron chi connectivity index (χ1n) is 5.45. The van der Waals surface area contributed by atoms with Crippen LogP contribution in [-0.2, 0) is 0 Å². The molecule has 15 heavy (non-hydrogen) atoms. The fourth-order valence-corrected chi connectivity index (χ4v) is 2.17. The molecule has 0 aliphatic carbocycles. The number of rotatable bonds is 4. The molecule has 0 saturated heterocycles. The number of alkyl halides is 1. The largest absolute Gasteiger partial charge is 0.207 e. The van der Waals surface area contributed by atoms with E-state index in [0.29, 0.717) is 5.92 Å². The maximum atomic E-state index is 13.1. The SMILES string of the molecule is CCC(c1cccc(F)c1)C(Cl)C(C)C. The quantitative estimate of drug-likeness (QED) is 0.662. The van der Waals surface area contributed by atoms with Gasteiger partial charge in [0.25, 0.3) is 0 Å². The third-order valence-corrected chi connectivity index (χ3v) is 3.55. The summed E-state index contributed by atoms with van der Waals surface area (Å²) in [7, 11) is 0. The van der Waals surface area contributed by atoms with E-state index in [1.165, 1.54) is 6.07 Å². The Balaban J connectivity index is 2.92. The van der Waals surface area contributed by atoms with Crippen LogP contribution in [0.5, 0.6) is 0 Å². The number of benzene rings is 1. The summed E-state index contributed by atoms with van der Waals surface area (Å²) in [6.07, 6.45) is 0.940. The highest BCUT2D eigenvalue weighted by molar-refractivity contribution is 6.21. The van der Waals surface area contributed by atoms with E-state index in [0.717, 1.165) is 12.0 Å². The Morgan fingerprint density at radius 2 is 2.00 bits per heavy atom. The van der Waals surface area contributed by atoms with E-state index in [-0.39, 0.29) is 17.1 Å². The van der Waals surface area contributed by atoms with Crippen molar-refractivity contribution >= 4 is 11.6 Å². The zero-order valence-electron chi connectivity index (χ0n) is 9.50. The van der Waals surface area contributed by atoms with Crippen molar-refractivity contribution < 1.29 is 4.39 Å². The summed E-state index contributed by atoms with van der Waals surface area (Å²) < 4.78 is 13.1. The van der Waals surface area contributed by atoms with Crippen LogP contribution in [0.1, 0.15) is 38.7 Å². The normalized spacial score (nSPS) is 15.3. The van der Waals surface area contributed by atoms with Crippen molar-refractivity contribution in [2.45, 2.75) is 38.5 Å². The van der Waals surface area contributed by atoms with Gasteiger partial charge in [-0.2, -0.15) is 0 Å². The first-order chi connectivity index (χ1) is 7.06. The Labute approximate surface area is 96.5 Å². The molecule has 0 nitrogen and oxygen atoms in total. The molecule has 0 N–H and O–H groups in total. The van der Waals surface area contributed by atoms with Crippen molar-refractivity contribution in [2.75, 3.05) is 0 Å². The van der Waals surface area contributed by atoms with Crippen molar-refractivity contribution in [3.05, 3.63) is 35.6 Å². The van der Waals surface area contributed by atoms with Crippen molar-refractivity contribution in [2.24, 2.45) is 5.92 Å². The van der Waals surface area contributed by atoms with Gasteiger partial charge >= 0.3 is 0 Å². The Kier molecular flexibility index (Phi) is 4.59. The van der Waals surface area contributed by atoms with Gasteiger partial charge in [-0.05, 0) is 30.0 Å². The molecular weight excluding hydrogens is 211 g/mol. The van der Waals surface area contributed by atoms with Gasteiger partial charge in [0, 0.05) is 11.3 Å². The maximum Gasteiger partial charge on any atom is 0.123 e. The summed E-state index contributed by atoms with van der Waals surface area (Å²) >= 11 is 6.35. The first-order valence-corrected chi connectivity index (χ1v) is 5.89. The molecule has 0 spiro atoms. The van der Waals surface area contributed by atoms with Crippen LogP contribution in [-0.4, -0.2) is 5.38 Å². The molecule has 84 valence electrons. The summed E-state index contributed by atoms with van der Waals surface area (Å²) in [4.78, 5) is 0. The van der Waals surface area contributed by atoms with Gasteiger partial charge in [-0.25, -0.2) is 4.39 Å². The molecule has 0 aromatic heterocycles. The molecule has 1 aromatic carbocycles. The zero-order valence-corrected chi connectivity index (χ0v) is 10.3. The van der Waals surface area contributed by atoms with E-state index in [4.69, 9.17) is 11.6 Å². The van der Waals surface area contributed by atoms with Gasteiger partial charge in [0.15, 0.2) is 0 Å². The van der Waals surface area contributed by atoms with Crippen molar-refractivity contribution in [1.82, 2.24) is 0 Å². The number of hydrogen-bond acceptors (Lipinski definition) is 0. The minimum atomic E-state index is -0.182. The molecule has 0 fully saturated rings. The summed E-state index contributed by atoms with van der Waals surface area (Å²) in [5.41, 5.74) is 1.01. The standard InChI is InChI=1S/C13H18ClF/c1-4-12(13(14)9(2)3)10-6-5-7-11(15)8-10/h5-9,12-13H,4H2,1-3H3. The minimum Gasteiger partial charge on any atom is -0.207 e. The van der Waals surface area contributed by atoms with Crippen LogP contribution in [0.25, 0.3) is 0 Å². The van der Waals surface area contributed by atoms with E-state index < -0.39 is 0 Å². The second kappa shape index (κ2) is 5.50. The van der Waals surface area contributed by atoms with Crippen molar-refractivity contribution in [1.29, 1.82) is 0 Å². The van der Waals surface area contributed by atoms with Crippen LogP contribution >= 0.6 is 11.6 Å². The lowest BCUT2D eigenvalue weighted by Crippen LogP contribution is -2.18.